The van der Waals surface area contributed by atoms with E-state index < -0.39 is 0 Å². The van der Waals surface area contributed by atoms with E-state index in [1.807, 2.05) is 36.4 Å². The summed E-state index contributed by atoms with van der Waals surface area (Å²) in [6.07, 6.45) is 2.17. The fourth-order valence-corrected chi connectivity index (χ4v) is 2.56. The molecule has 3 nitrogen and oxygen atoms in total. The van der Waals surface area contributed by atoms with E-state index in [0.717, 1.165) is 24.3 Å². The highest BCUT2D eigenvalue weighted by Gasteiger charge is 2.22. The van der Waals surface area contributed by atoms with Crippen LogP contribution in [-0.2, 0) is 5.41 Å². The molecule has 2 aromatic rings. The van der Waals surface area contributed by atoms with Gasteiger partial charge in [-0.2, -0.15) is 0 Å². The van der Waals surface area contributed by atoms with Crippen molar-refractivity contribution in [3.63, 3.8) is 0 Å². The van der Waals surface area contributed by atoms with E-state index in [2.05, 4.69) is 38.2 Å². The summed E-state index contributed by atoms with van der Waals surface area (Å²) in [6, 6.07) is 15.2. The van der Waals surface area contributed by atoms with Gasteiger partial charge in [0.15, 0.2) is 0 Å². The molecule has 2 aromatic carbocycles. The fraction of sp³-hybridized carbons (Fsp3) is 0.350. The van der Waals surface area contributed by atoms with Gasteiger partial charge in [-0.1, -0.05) is 32.9 Å². The zero-order valence-corrected chi connectivity index (χ0v) is 14.3. The Bertz CT molecular complexity index is 640. The highest BCUT2D eigenvalue weighted by atomic mass is 16.5. The zero-order chi connectivity index (χ0) is 16.9. The molecule has 1 amide bonds. The number of hydrogen-bond donors (Lipinski definition) is 1. The lowest BCUT2D eigenvalue weighted by molar-refractivity contribution is 0.102. The summed E-state index contributed by atoms with van der Waals surface area (Å²) < 4.78 is 5.11. The molecule has 2 rings (SSSR count). The van der Waals surface area contributed by atoms with E-state index in [1.165, 1.54) is 5.56 Å². The van der Waals surface area contributed by atoms with E-state index in [0.29, 0.717) is 5.56 Å². The van der Waals surface area contributed by atoms with E-state index >= 15 is 0 Å². The Labute approximate surface area is 138 Å². The number of nitrogens with one attached hydrogen (secondary N) is 1. The van der Waals surface area contributed by atoms with E-state index in [9.17, 15) is 4.79 Å². The van der Waals surface area contributed by atoms with Crippen molar-refractivity contribution in [1.82, 2.24) is 0 Å². The third-order valence-corrected chi connectivity index (χ3v) is 4.75. The number of carbonyl (C=O) groups is 1. The lowest BCUT2D eigenvalue weighted by Gasteiger charge is -2.27. The lowest BCUT2D eigenvalue weighted by atomic mass is 9.78. The van der Waals surface area contributed by atoms with Gasteiger partial charge >= 0.3 is 0 Å². The number of rotatable bonds is 6. The van der Waals surface area contributed by atoms with E-state index in [1.54, 1.807) is 7.11 Å². The minimum absolute atomic E-state index is 0.101. The van der Waals surface area contributed by atoms with Crippen molar-refractivity contribution in [2.75, 3.05) is 12.4 Å². The van der Waals surface area contributed by atoms with Crippen LogP contribution in [0.1, 0.15) is 49.5 Å². The van der Waals surface area contributed by atoms with Gasteiger partial charge in [-0.25, -0.2) is 0 Å². The minimum Gasteiger partial charge on any atom is -0.497 e. The summed E-state index contributed by atoms with van der Waals surface area (Å²) in [4.78, 5) is 12.3. The molecule has 0 bridgehead atoms. The highest BCUT2D eigenvalue weighted by Crippen LogP contribution is 2.31. The van der Waals surface area contributed by atoms with Crippen molar-refractivity contribution in [2.24, 2.45) is 0 Å². The average molecular weight is 311 g/mol. The van der Waals surface area contributed by atoms with Gasteiger partial charge in [0, 0.05) is 11.3 Å². The number of anilines is 1. The number of ether oxygens (including phenoxy) is 1. The fourth-order valence-electron chi connectivity index (χ4n) is 2.56. The summed E-state index contributed by atoms with van der Waals surface area (Å²) in [7, 11) is 1.62. The maximum atomic E-state index is 12.3. The first-order valence-corrected chi connectivity index (χ1v) is 8.08. The Hall–Kier alpha value is -2.29. The molecule has 0 aliphatic carbocycles. The van der Waals surface area contributed by atoms with Crippen LogP contribution in [0.2, 0.25) is 0 Å². The Morgan fingerprint density at radius 2 is 1.57 bits per heavy atom. The standard InChI is InChI=1S/C20H25NO2/c1-5-20(3,6-2)16-9-7-15(8-10-16)19(22)21-17-11-13-18(23-4)14-12-17/h7-14H,5-6H2,1-4H3,(H,21,22). The molecular weight excluding hydrogens is 286 g/mol. The molecule has 0 fully saturated rings. The van der Waals surface area contributed by atoms with Gasteiger partial charge in [0.25, 0.3) is 5.91 Å². The second-order valence-electron chi connectivity index (χ2n) is 6.03. The molecule has 0 aliphatic rings. The largest absolute Gasteiger partial charge is 0.497 e. The molecule has 0 heterocycles. The van der Waals surface area contributed by atoms with E-state index in [4.69, 9.17) is 4.74 Å². The third kappa shape index (κ3) is 3.92. The van der Waals surface area contributed by atoms with Crippen molar-refractivity contribution < 1.29 is 9.53 Å². The van der Waals surface area contributed by atoms with Gasteiger partial charge < -0.3 is 10.1 Å². The molecule has 0 saturated carbocycles. The maximum absolute atomic E-state index is 12.3. The van der Waals surface area contributed by atoms with Gasteiger partial charge in [-0.3, -0.25) is 4.79 Å². The summed E-state index contributed by atoms with van der Waals surface area (Å²) in [6.45, 7) is 6.67. The molecule has 0 unspecified atom stereocenters. The van der Waals surface area contributed by atoms with Crippen molar-refractivity contribution in [3.05, 3.63) is 59.7 Å². The van der Waals surface area contributed by atoms with Crippen LogP contribution in [0.25, 0.3) is 0 Å². The number of benzene rings is 2. The zero-order valence-electron chi connectivity index (χ0n) is 14.3. The number of hydrogen-bond acceptors (Lipinski definition) is 2. The second kappa shape index (κ2) is 7.32. The Morgan fingerprint density at radius 3 is 2.04 bits per heavy atom. The van der Waals surface area contributed by atoms with Crippen LogP contribution in [0, 0.1) is 0 Å². The van der Waals surface area contributed by atoms with Gasteiger partial charge in [0.05, 0.1) is 7.11 Å². The Morgan fingerprint density at radius 1 is 1.00 bits per heavy atom. The average Bonchev–Trinajstić information content (AvgIpc) is 2.61. The Balaban J connectivity index is 2.10. The quantitative estimate of drug-likeness (QED) is 0.813. The minimum atomic E-state index is -0.101. The lowest BCUT2D eigenvalue weighted by Crippen LogP contribution is -2.20. The van der Waals surface area contributed by atoms with Gasteiger partial charge in [-0.15, -0.1) is 0 Å². The SMILES string of the molecule is CCC(C)(CC)c1ccc(C(=O)Nc2ccc(OC)cc2)cc1. The number of carbonyl (C=O) groups excluding carboxylic acids is 1. The van der Waals surface area contributed by atoms with Crippen LogP contribution in [0.15, 0.2) is 48.5 Å². The molecule has 0 aliphatic heterocycles. The molecule has 0 spiro atoms. The Kier molecular flexibility index (Phi) is 5.43. The first-order chi connectivity index (χ1) is 11.0. The monoisotopic (exact) mass is 311 g/mol. The predicted octanol–water partition coefficient (Wildman–Crippen LogP) is 5.03. The predicted molar refractivity (Wildman–Crippen MR) is 95.3 cm³/mol. The number of amides is 1. The van der Waals surface area contributed by atoms with E-state index in [-0.39, 0.29) is 11.3 Å². The van der Waals surface area contributed by atoms with Gasteiger partial charge in [-0.05, 0) is 60.2 Å². The normalized spacial score (nSPS) is 11.1. The number of methoxy groups -OCH3 is 1. The first-order valence-electron chi connectivity index (χ1n) is 8.08. The van der Waals surface area contributed by atoms with Gasteiger partial charge in [0.1, 0.15) is 5.75 Å². The molecule has 23 heavy (non-hydrogen) atoms. The van der Waals surface area contributed by atoms with Crippen molar-refractivity contribution in [2.45, 2.75) is 39.0 Å². The van der Waals surface area contributed by atoms with Crippen LogP contribution in [0.4, 0.5) is 5.69 Å². The van der Waals surface area contributed by atoms with Crippen molar-refractivity contribution in [1.29, 1.82) is 0 Å². The summed E-state index contributed by atoms with van der Waals surface area (Å²) >= 11 is 0. The smallest absolute Gasteiger partial charge is 0.255 e. The summed E-state index contributed by atoms with van der Waals surface area (Å²) in [5, 5.41) is 2.90. The molecule has 3 heteroatoms. The molecule has 1 N–H and O–H groups in total. The summed E-state index contributed by atoms with van der Waals surface area (Å²) in [5.74, 6) is 0.669. The third-order valence-electron chi connectivity index (χ3n) is 4.75. The molecule has 122 valence electrons. The molecule has 0 aromatic heterocycles. The van der Waals surface area contributed by atoms with Crippen LogP contribution in [-0.4, -0.2) is 13.0 Å². The highest BCUT2D eigenvalue weighted by molar-refractivity contribution is 6.04. The topological polar surface area (TPSA) is 38.3 Å². The van der Waals surface area contributed by atoms with Crippen LogP contribution in [0.3, 0.4) is 0 Å². The van der Waals surface area contributed by atoms with Crippen molar-refractivity contribution in [3.8, 4) is 5.75 Å². The molecule has 0 radical (unpaired) electrons. The first kappa shape index (κ1) is 17.1. The van der Waals surface area contributed by atoms with Gasteiger partial charge in [0.2, 0.25) is 0 Å². The molecule has 0 atom stereocenters. The summed E-state index contributed by atoms with van der Waals surface area (Å²) in [5.41, 5.74) is 2.87. The maximum Gasteiger partial charge on any atom is 0.255 e. The molecular formula is C20H25NO2. The van der Waals surface area contributed by atoms with Crippen LogP contribution in [0.5, 0.6) is 5.75 Å². The molecule has 0 saturated heterocycles. The van der Waals surface area contributed by atoms with Crippen LogP contribution >= 0.6 is 0 Å². The second-order valence-corrected chi connectivity index (χ2v) is 6.03. The van der Waals surface area contributed by atoms with Crippen LogP contribution < -0.4 is 10.1 Å². The van der Waals surface area contributed by atoms with Crippen molar-refractivity contribution >= 4 is 11.6 Å².